The first-order chi connectivity index (χ1) is 11.1. The molecule has 0 unspecified atom stereocenters. The number of aliphatic hydroxyl groups is 1. The van der Waals surface area contributed by atoms with Crippen molar-refractivity contribution >= 4 is 23.2 Å². The van der Waals surface area contributed by atoms with Gasteiger partial charge in [-0.05, 0) is 30.2 Å². The van der Waals surface area contributed by atoms with E-state index in [-0.39, 0.29) is 19.1 Å². The maximum atomic E-state index is 12.3. The van der Waals surface area contributed by atoms with E-state index in [0.29, 0.717) is 23.8 Å². The van der Waals surface area contributed by atoms with Crippen molar-refractivity contribution in [3.63, 3.8) is 0 Å². The lowest BCUT2D eigenvalue weighted by Crippen LogP contribution is -2.35. The minimum absolute atomic E-state index is 0.0152. The first-order valence-electron chi connectivity index (χ1n) is 7.37. The Hall–Kier alpha value is -1.95. The molecular formula is C17H20ClN3O2. The van der Waals surface area contributed by atoms with Crippen molar-refractivity contribution in [3.05, 3.63) is 58.9 Å². The summed E-state index contributed by atoms with van der Waals surface area (Å²) in [7, 11) is 0. The minimum atomic E-state index is -0.168. The number of carbonyl (C=O) groups is 1. The van der Waals surface area contributed by atoms with Crippen LogP contribution in [0, 0.1) is 6.92 Å². The molecule has 6 heteroatoms. The molecule has 0 spiro atoms. The number of para-hydroxylation sites is 1. The van der Waals surface area contributed by atoms with Gasteiger partial charge in [0.05, 0.1) is 23.9 Å². The largest absolute Gasteiger partial charge is 0.395 e. The zero-order valence-electron chi connectivity index (χ0n) is 13.0. The molecule has 0 aliphatic carbocycles. The fourth-order valence-electron chi connectivity index (χ4n) is 2.28. The maximum Gasteiger partial charge on any atom is 0.238 e. The molecule has 1 heterocycles. The molecule has 23 heavy (non-hydrogen) atoms. The molecule has 2 N–H and O–H groups in total. The van der Waals surface area contributed by atoms with E-state index in [4.69, 9.17) is 11.6 Å². The van der Waals surface area contributed by atoms with E-state index in [2.05, 4.69) is 10.3 Å². The summed E-state index contributed by atoms with van der Waals surface area (Å²) in [4.78, 5) is 18.2. The van der Waals surface area contributed by atoms with E-state index in [1.54, 1.807) is 18.5 Å². The fraction of sp³-hybridized carbons (Fsp3) is 0.294. The number of hydrogen-bond acceptors (Lipinski definition) is 4. The molecule has 0 aliphatic rings. The van der Waals surface area contributed by atoms with Crippen LogP contribution in [-0.4, -0.2) is 40.6 Å². The van der Waals surface area contributed by atoms with Gasteiger partial charge in [-0.3, -0.25) is 14.7 Å². The number of anilines is 1. The van der Waals surface area contributed by atoms with E-state index in [9.17, 15) is 9.90 Å². The van der Waals surface area contributed by atoms with E-state index >= 15 is 0 Å². The van der Waals surface area contributed by atoms with Crippen molar-refractivity contribution in [1.82, 2.24) is 9.88 Å². The summed E-state index contributed by atoms with van der Waals surface area (Å²) in [5.41, 5.74) is 2.53. The monoisotopic (exact) mass is 333 g/mol. The van der Waals surface area contributed by atoms with Crippen LogP contribution in [0.25, 0.3) is 0 Å². The lowest BCUT2D eigenvalue weighted by molar-refractivity contribution is -0.117. The van der Waals surface area contributed by atoms with Gasteiger partial charge in [0, 0.05) is 25.5 Å². The molecular weight excluding hydrogens is 314 g/mol. The van der Waals surface area contributed by atoms with Gasteiger partial charge < -0.3 is 10.4 Å². The van der Waals surface area contributed by atoms with E-state index in [0.717, 1.165) is 11.1 Å². The molecule has 1 aromatic heterocycles. The van der Waals surface area contributed by atoms with Crippen molar-refractivity contribution < 1.29 is 9.90 Å². The second-order valence-electron chi connectivity index (χ2n) is 5.28. The lowest BCUT2D eigenvalue weighted by Gasteiger charge is -2.21. The van der Waals surface area contributed by atoms with Gasteiger partial charge in [0.25, 0.3) is 0 Å². The van der Waals surface area contributed by atoms with Gasteiger partial charge in [0.15, 0.2) is 0 Å². The first-order valence-corrected chi connectivity index (χ1v) is 7.75. The van der Waals surface area contributed by atoms with Crippen LogP contribution < -0.4 is 5.32 Å². The highest BCUT2D eigenvalue weighted by molar-refractivity contribution is 6.33. The van der Waals surface area contributed by atoms with Gasteiger partial charge >= 0.3 is 0 Å². The Morgan fingerprint density at radius 2 is 2.17 bits per heavy atom. The van der Waals surface area contributed by atoms with Crippen LogP contribution in [0.3, 0.4) is 0 Å². The molecule has 122 valence electrons. The third kappa shape index (κ3) is 5.32. The number of nitrogens with zero attached hydrogens (tertiary/aromatic N) is 2. The molecule has 0 aliphatic heterocycles. The molecule has 1 aromatic carbocycles. The molecule has 0 bridgehead atoms. The summed E-state index contributed by atoms with van der Waals surface area (Å²) < 4.78 is 0. The number of carbonyl (C=O) groups excluding carboxylic acids is 1. The summed E-state index contributed by atoms with van der Waals surface area (Å²) >= 11 is 6.12. The normalized spacial score (nSPS) is 10.8. The fourth-order valence-corrected chi connectivity index (χ4v) is 2.55. The highest BCUT2D eigenvalue weighted by Crippen LogP contribution is 2.25. The average Bonchev–Trinajstić information content (AvgIpc) is 2.52. The first kappa shape index (κ1) is 17.4. The molecule has 0 radical (unpaired) electrons. The smallest absolute Gasteiger partial charge is 0.238 e. The quantitative estimate of drug-likeness (QED) is 0.817. The Labute approximate surface area is 140 Å². The van der Waals surface area contributed by atoms with Crippen LogP contribution in [0.4, 0.5) is 5.69 Å². The minimum Gasteiger partial charge on any atom is -0.395 e. The van der Waals surface area contributed by atoms with Crippen LogP contribution in [0.2, 0.25) is 5.02 Å². The van der Waals surface area contributed by atoms with Gasteiger partial charge in [-0.25, -0.2) is 0 Å². The highest BCUT2D eigenvalue weighted by atomic mass is 35.5. The van der Waals surface area contributed by atoms with Gasteiger partial charge in [-0.1, -0.05) is 29.8 Å². The van der Waals surface area contributed by atoms with Crippen molar-refractivity contribution in [3.8, 4) is 0 Å². The van der Waals surface area contributed by atoms with Gasteiger partial charge in [0.1, 0.15) is 0 Å². The standard InChI is InChI=1S/C17H20ClN3O2/c1-13-4-2-6-15(18)17(13)20-16(23)12-21(8-9-22)11-14-5-3-7-19-10-14/h2-7,10,22H,8-9,11-12H2,1H3,(H,20,23). The number of aliphatic hydroxyl groups excluding tert-OH is 1. The van der Waals surface area contributed by atoms with Gasteiger partial charge in [0.2, 0.25) is 5.91 Å². The predicted octanol–water partition coefficient (Wildman–Crippen LogP) is 2.48. The molecule has 5 nitrogen and oxygen atoms in total. The third-order valence-corrected chi connectivity index (χ3v) is 3.71. The molecule has 1 amide bonds. The number of aromatic nitrogens is 1. The van der Waals surface area contributed by atoms with Crippen molar-refractivity contribution in [1.29, 1.82) is 0 Å². The second-order valence-corrected chi connectivity index (χ2v) is 5.68. The summed E-state index contributed by atoms with van der Waals surface area (Å²) in [6.45, 7) is 2.99. The van der Waals surface area contributed by atoms with Crippen molar-refractivity contribution in [2.45, 2.75) is 13.5 Å². The number of nitrogens with one attached hydrogen (secondary N) is 1. The average molecular weight is 334 g/mol. The Morgan fingerprint density at radius 3 is 2.83 bits per heavy atom. The number of aryl methyl sites for hydroxylation is 1. The molecule has 2 aromatic rings. The summed E-state index contributed by atoms with van der Waals surface area (Å²) in [5, 5.41) is 12.6. The van der Waals surface area contributed by atoms with Crippen molar-refractivity contribution in [2.24, 2.45) is 0 Å². The van der Waals surface area contributed by atoms with Gasteiger partial charge in [-0.2, -0.15) is 0 Å². The van der Waals surface area contributed by atoms with Crippen LogP contribution in [-0.2, 0) is 11.3 Å². The maximum absolute atomic E-state index is 12.3. The van der Waals surface area contributed by atoms with Crippen molar-refractivity contribution in [2.75, 3.05) is 25.0 Å². The van der Waals surface area contributed by atoms with Crippen LogP contribution in [0.5, 0.6) is 0 Å². The molecule has 0 atom stereocenters. The zero-order valence-corrected chi connectivity index (χ0v) is 13.8. The summed E-state index contributed by atoms with van der Waals surface area (Å²) in [6.07, 6.45) is 3.45. The number of benzene rings is 1. The Kier molecular flexibility index (Phi) is 6.52. The highest BCUT2D eigenvalue weighted by Gasteiger charge is 2.13. The number of rotatable bonds is 7. The number of hydrogen-bond donors (Lipinski definition) is 2. The molecule has 0 fully saturated rings. The molecule has 0 saturated carbocycles. The van der Waals surface area contributed by atoms with E-state index < -0.39 is 0 Å². The van der Waals surface area contributed by atoms with Gasteiger partial charge in [-0.15, -0.1) is 0 Å². The Balaban J connectivity index is 2.00. The number of pyridine rings is 1. The zero-order chi connectivity index (χ0) is 16.7. The number of amides is 1. The molecule has 0 saturated heterocycles. The molecule has 2 rings (SSSR count). The topological polar surface area (TPSA) is 65.5 Å². The van der Waals surface area contributed by atoms with E-state index in [1.165, 1.54) is 0 Å². The summed E-state index contributed by atoms with van der Waals surface area (Å²) in [6, 6.07) is 9.26. The van der Waals surface area contributed by atoms with Crippen LogP contribution in [0.1, 0.15) is 11.1 Å². The predicted molar refractivity (Wildman–Crippen MR) is 91.4 cm³/mol. The second kappa shape index (κ2) is 8.62. The Bertz CT molecular complexity index is 629. The SMILES string of the molecule is Cc1cccc(Cl)c1NC(=O)CN(CCO)Cc1cccnc1. The van der Waals surface area contributed by atoms with E-state index in [1.807, 2.05) is 36.1 Å². The van der Waals surface area contributed by atoms with Crippen LogP contribution >= 0.6 is 11.6 Å². The van der Waals surface area contributed by atoms with Crippen LogP contribution in [0.15, 0.2) is 42.7 Å². The lowest BCUT2D eigenvalue weighted by atomic mass is 10.2. The third-order valence-electron chi connectivity index (χ3n) is 3.40. The number of halogens is 1. The Morgan fingerprint density at radius 1 is 1.35 bits per heavy atom. The summed E-state index contributed by atoms with van der Waals surface area (Å²) in [5.74, 6) is -0.168.